The van der Waals surface area contributed by atoms with E-state index < -0.39 is 0 Å². The van der Waals surface area contributed by atoms with Crippen LogP contribution in [0.5, 0.6) is 0 Å². The third-order valence-corrected chi connectivity index (χ3v) is 2.29. The Labute approximate surface area is 98.3 Å². The van der Waals surface area contributed by atoms with Crippen LogP contribution >= 0.6 is 0 Å². The summed E-state index contributed by atoms with van der Waals surface area (Å²) in [5, 5.41) is 5.50. The molecule has 0 atom stereocenters. The van der Waals surface area contributed by atoms with Crippen molar-refractivity contribution in [2.75, 3.05) is 5.32 Å². The summed E-state index contributed by atoms with van der Waals surface area (Å²) in [6, 6.07) is 15.4. The molecule has 0 bridgehead atoms. The van der Waals surface area contributed by atoms with Crippen molar-refractivity contribution in [3.63, 3.8) is 0 Å². The Morgan fingerprint density at radius 2 is 1.59 bits per heavy atom. The van der Waals surface area contributed by atoms with Gasteiger partial charge < -0.3 is 5.32 Å². The van der Waals surface area contributed by atoms with Crippen molar-refractivity contribution in [2.45, 2.75) is 0 Å². The molecule has 0 heterocycles. The first-order valence-corrected chi connectivity index (χ1v) is 5.10. The maximum atomic E-state index is 11.8. The van der Waals surface area contributed by atoms with Gasteiger partial charge in [0.05, 0.1) is 5.69 Å². The van der Waals surface area contributed by atoms with Crippen molar-refractivity contribution < 1.29 is 4.79 Å². The van der Waals surface area contributed by atoms with Crippen molar-refractivity contribution in [1.82, 2.24) is 0 Å². The molecule has 84 valence electrons. The number of benzene rings is 2. The molecule has 0 saturated carbocycles. The number of nitroso groups, excluding NO2 is 1. The Kier molecular flexibility index (Phi) is 3.25. The summed E-state index contributed by atoms with van der Waals surface area (Å²) < 4.78 is 0. The van der Waals surface area contributed by atoms with Gasteiger partial charge in [-0.3, -0.25) is 4.79 Å². The van der Waals surface area contributed by atoms with E-state index in [0.717, 1.165) is 0 Å². The molecule has 0 aliphatic carbocycles. The molecule has 0 aliphatic heterocycles. The van der Waals surface area contributed by atoms with Crippen LogP contribution in [-0.2, 0) is 0 Å². The van der Waals surface area contributed by atoms with Crippen LogP contribution in [0.2, 0.25) is 0 Å². The first kappa shape index (κ1) is 11.0. The number of rotatable bonds is 3. The fraction of sp³-hybridized carbons (Fsp3) is 0. The van der Waals surface area contributed by atoms with Gasteiger partial charge in [0.15, 0.2) is 0 Å². The molecule has 2 aromatic carbocycles. The summed E-state index contributed by atoms with van der Waals surface area (Å²) in [5.74, 6) is -0.262. The quantitative estimate of drug-likeness (QED) is 0.816. The molecule has 2 aromatic rings. The fourth-order valence-electron chi connectivity index (χ4n) is 1.44. The molecule has 0 aliphatic rings. The van der Waals surface area contributed by atoms with Crippen LogP contribution in [0.15, 0.2) is 59.8 Å². The maximum Gasteiger partial charge on any atom is 0.255 e. The van der Waals surface area contributed by atoms with Gasteiger partial charge in [-0.2, -0.15) is 0 Å². The van der Waals surface area contributed by atoms with Crippen molar-refractivity contribution >= 4 is 17.3 Å². The minimum absolute atomic E-state index is 0.219. The summed E-state index contributed by atoms with van der Waals surface area (Å²) >= 11 is 0. The van der Waals surface area contributed by atoms with Gasteiger partial charge >= 0.3 is 0 Å². The van der Waals surface area contributed by atoms with Crippen LogP contribution in [0.25, 0.3) is 0 Å². The van der Waals surface area contributed by atoms with Gasteiger partial charge in [-0.25, -0.2) is 0 Å². The van der Waals surface area contributed by atoms with E-state index in [1.165, 1.54) is 0 Å². The van der Waals surface area contributed by atoms with Gasteiger partial charge in [-0.15, -0.1) is 4.91 Å². The number of carbonyl (C=O) groups excluding carboxylic acids is 1. The van der Waals surface area contributed by atoms with Gasteiger partial charge in [0.25, 0.3) is 5.91 Å². The van der Waals surface area contributed by atoms with E-state index in [9.17, 15) is 9.70 Å². The van der Waals surface area contributed by atoms with Crippen molar-refractivity contribution in [3.05, 3.63) is 65.1 Å². The van der Waals surface area contributed by atoms with Crippen LogP contribution in [0.3, 0.4) is 0 Å². The SMILES string of the molecule is O=Nc1ccccc1NC(=O)c1ccccc1. The molecule has 0 spiro atoms. The Bertz CT molecular complexity index is 538. The van der Waals surface area contributed by atoms with Gasteiger partial charge in [0, 0.05) is 5.56 Å². The minimum Gasteiger partial charge on any atom is -0.320 e. The summed E-state index contributed by atoms with van der Waals surface area (Å²) in [6.45, 7) is 0. The maximum absolute atomic E-state index is 11.8. The zero-order chi connectivity index (χ0) is 12.1. The van der Waals surface area contributed by atoms with Gasteiger partial charge in [0.2, 0.25) is 0 Å². The van der Waals surface area contributed by atoms with Crippen LogP contribution in [0, 0.1) is 4.91 Å². The van der Waals surface area contributed by atoms with Gasteiger partial charge in [-0.05, 0) is 29.4 Å². The largest absolute Gasteiger partial charge is 0.320 e. The average molecular weight is 226 g/mol. The molecule has 0 saturated heterocycles. The molecular weight excluding hydrogens is 216 g/mol. The summed E-state index contributed by atoms with van der Waals surface area (Å²) in [6.07, 6.45) is 0. The summed E-state index contributed by atoms with van der Waals surface area (Å²) in [7, 11) is 0. The molecule has 0 fully saturated rings. The van der Waals surface area contributed by atoms with E-state index in [4.69, 9.17) is 0 Å². The zero-order valence-electron chi connectivity index (χ0n) is 8.96. The zero-order valence-corrected chi connectivity index (χ0v) is 8.96. The minimum atomic E-state index is -0.262. The Balaban J connectivity index is 2.22. The van der Waals surface area contributed by atoms with E-state index in [1.807, 2.05) is 6.07 Å². The monoisotopic (exact) mass is 226 g/mol. The second-order valence-electron chi connectivity index (χ2n) is 3.43. The number of para-hydroxylation sites is 1. The lowest BCUT2D eigenvalue weighted by molar-refractivity contribution is 0.102. The summed E-state index contributed by atoms with van der Waals surface area (Å²) in [5.41, 5.74) is 1.17. The van der Waals surface area contributed by atoms with E-state index in [-0.39, 0.29) is 11.6 Å². The standard InChI is InChI=1S/C13H10N2O2/c16-13(10-6-2-1-3-7-10)14-11-8-4-5-9-12(11)15-17/h1-9H,(H,14,16). The predicted molar refractivity (Wildman–Crippen MR) is 66.3 cm³/mol. The number of hydrogen-bond acceptors (Lipinski definition) is 3. The second kappa shape index (κ2) is 5.03. The smallest absolute Gasteiger partial charge is 0.255 e. The molecule has 2 rings (SSSR count). The number of nitrogens with one attached hydrogen (secondary N) is 1. The average Bonchev–Trinajstić information content (AvgIpc) is 2.40. The fourth-order valence-corrected chi connectivity index (χ4v) is 1.44. The van der Waals surface area contributed by atoms with Crippen molar-refractivity contribution in [3.8, 4) is 0 Å². The molecule has 1 amide bonds. The number of hydrogen-bond donors (Lipinski definition) is 1. The Morgan fingerprint density at radius 1 is 0.941 bits per heavy atom. The first-order valence-electron chi connectivity index (χ1n) is 5.10. The predicted octanol–water partition coefficient (Wildman–Crippen LogP) is 3.34. The highest BCUT2D eigenvalue weighted by Crippen LogP contribution is 2.24. The van der Waals surface area contributed by atoms with Gasteiger partial charge in [0.1, 0.15) is 5.69 Å². The number of amides is 1. The molecule has 0 aromatic heterocycles. The van der Waals surface area contributed by atoms with E-state index >= 15 is 0 Å². The highest BCUT2D eigenvalue weighted by Gasteiger charge is 2.08. The number of anilines is 1. The topological polar surface area (TPSA) is 58.5 Å². The molecule has 17 heavy (non-hydrogen) atoms. The molecule has 0 unspecified atom stereocenters. The van der Waals surface area contributed by atoms with Gasteiger partial charge in [-0.1, -0.05) is 30.3 Å². The summed E-state index contributed by atoms with van der Waals surface area (Å²) in [4.78, 5) is 22.4. The van der Waals surface area contributed by atoms with Crippen LogP contribution in [0.4, 0.5) is 11.4 Å². The first-order chi connectivity index (χ1) is 8.31. The molecule has 0 radical (unpaired) electrons. The highest BCUT2D eigenvalue weighted by atomic mass is 16.3. The van der Waals surface area contributed by atoms with E-state index in [2.05, 4.69) is 10.5 Å². The van der Waals surface area contributed by atoms with Crippen LogP contribution in [0.1, 0.15) is 10.4 Å². The lowest BCUT2D eigenvalue weighted by Crippen LogP contribution is -2.11. The third-order valence-electron chi connectivity index (χ3n) is 2.29. The second-order valence-corrected chi connectivity index (χ2v) is 3.43. The van der Waals surface area contributed by atoms with Crippen molar-refractivity contribution in [1.29, 1.82) is 0 Å². The Morgan fingerprint density at radius 3 is 2.29 bits per heavy atom. The van der Waals surface area contributed by atoms with Crippen LogP contribution < -0.4 is 5.32 Å². The third kappa shape index (κ3) is 2.55. The number of carbonyl (C=O) groups is 1. The van der Waals surface area contributed by atoms with Crippen molar-refractivity contribution in [2.24, 2.45) is 5.18 Å². The molecule has 1 N–H and O–H groups in total. The molecule has 4 heteroatoms. The van der Waals surface area contributed by atoms with E-state index in [0.29, 0.717) is 11.3 Å². The number of nitrogens with zero attached hydrogens (tertiary/aromatic N) is 1. The molecule has 4 nitrogen and oxygen atoms in total. The highest BCUT2D eigenvalue weighted by molar-refractivity contribution is 6.05. The normalized spacial score (nSPS) is 9.65. The lowest BCUT2D eigenvalue weighted by atomic mass is 10.2. The van der Waals surface area contributed by atoms with Crippen LogP contribution in [-0.4, -0.2) is 5.91 Å². The molecular formula is C13H10N2O2. The Hall–Kier alpha value is -2.49. The lowest BCUT2D eigenvalue weighted by Gasteiger charge is -2.06. The van der Waals surface area contributed by atoms with E-state index in [1.54, 1.807) is 48.5 Å².